The van der Waals surface area contributed by atoms with Crippen LogP contribution in [0.1, 0.15) is 19.8 Å². The lowest BCUT2D eigenvalue weighted by Gasteiger charge is -2.16. The molecule has 0 spiro atoms. The summed E-state index contributed by atoms with van der Waals surface area (Å²) in [7, 11) is 2.15. The van der Waals surface area contributed by atoms with Gasteiger partial charge in [-0.2, -0.15) is 0 Å². The topological polar surface area (TPSA) is 67.3 Å². The zero-order chi connectivity index (χ0) is 11.5. The summed E-state index contributed by atoms with van der Waals surface area (Å²) >= 11 is 1.20. The van der Waals surface area contributed by atoms with E-state index in [1.807, 2.05) is 0 Å². The summed E-state index contributed by atoms with van der Waals surface area (Å²) in [4.78, 5) is 3.31. The van der Waals surface area contributed by atoms with Gasteiger partial charge in [-0.05, 0) is 32.0 Å². The van der Waals surface area contributed by atoms with E-state index in [0.717, 1.165) is 24.5 Å². The van der Waals surface area contributed by atoms with Crippen molar-refractivity contribution < 1.29 is 0 Å². The van der Waals surface area contributed by atoms with E-state index in [1.54, 1.807) is 6.20 Å². The van der Waals surface area contributed by atoms with Gasteiger partial charge < -0.3 is 16.0 Å². The quantitative estimate of drug-likeness (QED) is 0.404. The second kappa shape index (κ2) is 10.3. The van der Waals surface area contributed by atoms with Crippen LogP contribution in [0.2, 0.25) is 0 Å². The van der Waals surface area contributed by atoms with Gasteiger partial charge in [0.05, 0.1) is 0 Å². The van der Waals surface area contributed by atoms with Crippen molar-refractivity contribution in [2.75, 3.05) is 33.2 Å². The van der Waals surface area contributed by atoms with Crippen molar-refractivity contribution in [1.82, 2.24) is 10.2 Å². The van der Waals surface area contributed by atoms with Crippen molar-refractivity contribution in [2.24, 2.45) is 10.9 Å². The highest BCUT2D eigenvalue weighted by Gasteiger charge is 1.97. The molecule has 0 aliphatic carbocycles. The maximum Gasteiger partial charge on any atom is 0.0294 e. The smallest absolute Gasteiger partial charge is 0.0294 e. The second-order valence-electron chi connectivity index (χ2n) is 3.58. The monoisotopic (exact) mass is 232 g/mol. The third-order valence-corrected chi connectivity index (χ3v) is 2.78. The average molecular weight is 232 g/mol. The lowest BCUT2D eigenvalue weighted by atomic mass is 10.3. The van der Waals surface area contributed by atoms with Crippen LogP contribution in [0.3, 0.4) is 0 Å². The molecule has 15 heavy (non-hydrogen) atoms. The Morgan fingerprint density at radius 1 is 1.47 bits per heavy atom. The van der Waals surface area contributed by atoms with Crippen LogP contribution in [-0.4, -0.2) is 38.1 Å². The Morgan fingerprint density at radius 2 is 2.20 bits per heavy atom. The maximum absolute atomic E-state index is 5.41. The first-order valence-corrected chi connectivity index (χ1v) is 6.29. The minimum atomic E-state index is 0.763. The van der Waals surface area contributed by atoms with E-state index in [0.29, 0.717) is 0 Å². The minimum absolute atomic E-state index is 0.763. The molecular formula is C10H24N4S. The van der Waals surface area contributed by atoms with Crippen molar-refractivity contribution >= 4 is 11.9 Å². The second-order valence-corrected chi connectivity index (χ2v) is 4.34. The Balaban J connectivity index is 3.37. The van der Waals surface area contributed by atoms with Crippen LogP contribution in [-0.2, 0) is 0 Å². The molecule has 0 bridgehead atoms. The van der Waals surface area contributed by atoms with Crippen molar-refractivity contribution in [3.05, 3.63) is 11.1 Å². The van der Waals surface area contributed by atoms with Gasteiger partial charge in [-0.25, -0.2) is 0 Å². The zero-order valence-corrected chi connectivity index (χ0v) is 10.6. The summed E-state index contributed by atoms with van der Waals surface area (Å²) in [5, 5.41) is 8.71. The van der Waals surface area contributed by atoms with Gasteiger partial charge in [0.25, 0.3) is 0 Å². The molecule has 0 amide bonds. The van der Waals surface area contributed by atoms with Crippen LogP contribution in [0.15, 0.2) is 11.1 Å². The molecule has 90 valence electrons. The number of hydrogen-bond acceptors (Lipinski definition) is 5. The molecule has 0 radical (unpaired) electrons. The predicted molar refractivity (Wildman–Crippen MR) is 69.3 cm³/mol. The molecule has 0 aliphatic heterocycles. The Kier molecular flexibility index (Phi) is 10.1. The molecular weight excluding hydrogens is 208 g/mol. The Bertz CT molecular complexity index is 173. The first-order chi connectivity index (χ1) is 7.24. The molecule has 0 aromatic carbocycles. The van der Waals surface area contributed by atoms with Gasteiger partial charge in [0.2, 0.25) is 0 Å². The van der Waals surface area contributed by atoms with Crippen molar-refractivity contribution in [2.45, 2.75) is 19.8 Å². The third kappa shape index (κ3) is 8.74. The number of unbranched alkanes of at least 4 members (excludes halogenated alkanes) is 1. The molecule has 0 aliphatic rings. The van der Waals surface area contributed by atoms with E-state index >= 15 is 0 Å². The van der Waals surface area contributed by atoms with E-state index in [4.69, 9.17) is 10.9 Å². The van der Waals surface area contributed by atoms with E-state index in [2.05, 4.69) is 24.2 Å². The molecule has 0 aromatic heterocycles. The number of rotatable bonds is 9. The predicted octanol–water partition coefficient (Wildman–Crippen LogP) is 0.715. The largest absolute Gasteiger partial charge is 0.404 e. The minimum Gasteiger partial charge on any atom is -0.404 e. The van der Waals surface area contributed by atoms with Gasteiger partial charge in [-0.15, -0.1) is 0 Å². The molecule has 0 fully saturated rings. The van der Waals surface area contributed by atoms with Crippen LogP contribution in [0.4, 0.5) is 0 Å². The van der Waals surface area contributed by atoms with Gasteiger partial charge in [-0.1, -0.05) is 13.3 Å². The number of nitrogens with zero attached hydrogens (tertiary/aromatic N) is 1. The maximum atomic E-state index is 5.41. The Hall–Kier alpha value is -0.230. The fraction of sp³-hybridized carbons (Fsp3) is 0.800. The van der Waals surface area contributed by atoms with Crippen LogP contribution in [0.25, 0.3) is 0 Å². The van der Waals surface area contributed by atoms with Gasteiger partial charge in [-0.3, -0.25) is 5.14 Å². The molecule has 0 aromatic rings. The summed E-state index contributed by atoms with van der Waals surface area (Å²) < 4.78 is 0. The highest BCUT2D eigenvalue weighted by atomic mass is 32.2. The lowest BCUT2D eigenvalue weighted by Crippen LogP contribution is -2.30. The third-order valence-electron chi connectivity index (χ3n) is 2.20. The highest BCUT2D eigenvalue weighted by Crippen LogP contribution is 2.02. The first-order valence-electron chi connectivity index (χ1n) is 5.41. The molecule has 4 nitrogen and oxygen atoms in total. The number of hydrogen-bond donors (Lipinski definition) is 3. The van der Waals surface area contributed by atoms with Gasteiger partial charge in [0.1, 0.15) is 0 Å². The normalized spacial score (nSPS) is 12.4. The standard InChI is InChI=1S/C10H24N4S/c1-3-4-6-14(2)7-5-13-9-10(8-11)15-12/h8,13H,3-7,9,11-12H2,1-2H3/b10-8-. The summed E-state index contributed by atoms with van der Waals surface area (Å²) in [5.41, 5.74) is 5.38. The van der Waals surface area contributed by atoms with Crippen molar-refractivity contribution in [1.29, 1.82) is 0 Å². The van der Waals surface area contributed by atoms with E-state index in [-0.39, 0.29) is 0 Å². The molecule has 0 saturated carbocycles. The molecule has 0 heterocycles. The summed E-state index contributed by atoms with van der Waals surface area (Å²) in [5.74, 6) is 0. The van der Waals surface area contributed by atoms with E-state index in [1.165, 1.54) is 31.3 Å². The molecule has 0 unspecified atom stereocenters. The van der Waals surface area contributed by atoms with Gasteiger partial charge >= 0.3 is 0 Å². The molecule has 5 heteroatoms. The zero-order valence-electron chi connectivity index (χ0n) is 9.83. The summed E-state index contributed by atoms with van der Waals surface area (Å²) in [6.45, 7) is 6.18. The van der Waals surface area contributed by atoms with Crippen molar-refractivity contribution in [3.63, 3.8) is 0 Å². The van der Waals surface area contributed by atoms with Crippen LogP contribution in [0.5, 0.6) is 0 Å². The molecule has 0 rings (SSSR count). The number of likely N-dealkylation sites (N-methyl/N-ethyl adjacent to an activating group) is 1. The van der Waals surface area contributed by atoms with Crippen molar-refractivity contribution in [3.8, 4) is 0 Å². The van der Waals surface area contributed by atoms with Gasteiger partial charge in [0, 0.05) is 30.7 Å². The van der Waals surface area contributed by atoms with E-state index in [9.17, 15) is 0 Å². The molecule has 5 N–H and O–H groups in total. The fourth-order valence-electron chi connectivity index (χ4n) is 1.16. The van der Waals surface area contributed by atoms with Crippen LogP contribution in [0, 0.1) is 0 Å². The van der Waals surface area contributed by atoms with Gasteiger partial charge in [0.15, 0.2) is 0 Å². The highest BCUT2D eigenvalue weighted by molar-refractivity contribution is 8.00. The van der Waals surface area contributed by atoms with E-state index < -0.39 is 0 Å². The van der Waals surface area contributed by atoms with Crippen LogP contribution >= 0.6 is 11.9 Å². The molecule has 0 atom stereocenters. The number of nitrogens with one attached hydrogen (secondary N) is 1. The lowest BCUT2D eigenvalue weighted by molar-refractivity contribution is 0.327. The summed E-state index contributed by atoms with van der Waals surface area (Å²) in [6.07, 6.45) is 4.07. The first kappa shape index (κ1) is 14.8. The molecule has 0 saturated heterocycles. The number of nitrogens with two attached hydrogens (primary N) is 2. The summed E-state index contributed by atoms with van der Waals surface area (Å²) in [6, 6.07) is 0. The fourth-order valence-corrected chi connectivity index (χ4v) is 1.43. The SMILES string of the molecule is CCCCN(C)CCNC/C(=C/N)SN. The average Bonchev–Trinajstić information content (AvgIpc) is 2.26. The Labute approximate surface area is 97.6 Å². The Morgan fingerprint density at radius 3 is 2.73 bits per heavy atom. The van der Waals surface area contributed by atoms with Crippen LogP contribution < -0.4 is 16.2 Å².